The monoisotopic (exact) mass is 402 g/mol. The zero-order valence-electron chi connectivity index (χ0n) is 15.6. The second-order valence-electron chi connectivity index (χ2n) is 6.73. The Morgan fingerprint density at radius 3 is 2.79 bits per heavy atom. The standard InChI is InChI=1S/C22H18N4O2S/c1-23-22(27)15-6-2-3-8-18(15)29-13-9-10-14-17(12-13)25-26-19(14)21-20(28-21)16-7-4-5-11-24-16/h2-12,20-21H,1H3,(H,23,27)(H,25,26). The number of nitrogens with zero attached hydrogens (tertiary/aromatic N) is 2. The predicted octanol–water partition coefficient (Wildman–Crippen LogP) is 4.28. The lowest BCUT2D eigenvalue weighted by Gasteiger charge is -2.08. The highest BCUT2D eigenvalue weighted by Crippen LogP contribution is 2.51. The van der Waals surface area contributed by atoms with Crippen molar-refractivity contribution in [2.45, 2.75) is 22.0 Å². The van der Waals surface area contributed by atoms with Gasteiger partial charge in [-0.05, 0) is 42.5 Å². The molecule has 2 aromatic heterocycles. The van der Waals surface area contributed by atoms with Gasteiger partial charge in [-0.15, -0.1) is 0 Å². The van der Waals surface area contributed by atoms with Gasteiger partial charge in [0.25, 0.3) is 5.91 Å². The first-order chi connectivity index (χ1) is 14.2. The Bertz CT molecular complexity index is 1190. The molecule has 0 aliphatic carbocycles. The van der Waals surface area contributed by atoms with E-state index < -0.39 is 0 Å². The van der Waals surface area contributed by atoms with Crippen LogP contribution in [0.25, 0.3) is 10.9 Å². The van der Waals surface area contributed by atoms with Crippen molar-refractivity contribution in [2.24, 2.45) is 0 Å². The van der Waals surface area contributed by atoms with Crippen LogP contribution in [-0.4, -0.2) is 28.1 Å². The lowest BCUT2D eigenvalue weighted by molar-refractivity contribution is 0.0960. The van der Waals surface area contributed by atoms with E-state index in [2.05, 4.69) is 26.6 Å². The van der Waals surface area contributed by atoms with E-state index in [1.807, 2.05) is 54.6 Å². The minimum Gasteiger partial charge on any atom is -0.356 e. The summed E-state index contributed by atoms with van der Waals surface area (Å²) in [6.45, 7) is 0. The Morgan fingerprint density at radius 2 is 1.97 bits per heavy atom. The average molecular weight is 402 g/mol. The molecule has 0 saturated carbocycles. The molecule has 1 aliphatic heterocycles. The van der Waals surface area contributed by atoms with Crippen LogP contribution in [0.1, 0.15) is 34.0 Å². The van der Waals surface area contributed by atoms with E-state index in [0.717, 1.165) is 32.1 Å². The molecule has 0 radical (unpaired) electrons. The van der Waals surface area contributed by atoms with E-state index in [4.69, 9.17) is 4.74 Å². The zero-order chi connectivity index (χ0) is 19.8. The predicted molar refractivity (Wildman–Crippen MR) is 111 cm³/mol. The molecule has 1 amide bonds. The number of hydrogen-bond acceptors (Lipinski definition) is 5. The number of H-pyrrole nitrogens is 1. The van der Waals surface area contributed by atoms with Crippen LogP contribution in [0.3, 0.4) is 0 Å². The quantitative estimate of drug-likeness (QED) is 0.487. The third-order valence-corrected chi connectivity index (χ3v) is 5.96. The smallest absolute Gasteiger partial charge is 0.252 e. The molecule has 0 bridgehead atoms. The molecule has 3 heterocycles. The van der Waals surface area contributed by atoms with Gasteiger partial charge in [0.1, 0.15) is 12.2 Å². The number of amides is 1. The lowest BCUT2D eigenvalue weighted by Crippen LogP contribution is -2.18. The maximum atomic E-state index is 12.1. The number of benzene rings is 2. The van der Waals surface area contributed by atoms with Crippen molar-refractivity contribution in [1.29, 1.82) is 0 Å². The van der Waals surface area contributed by atoms with Crippen molar-refractivity contribution in [3.8, 4) is 0 Å². The fourth-order valence-electron chi connectivity index (χ4n) is 3.40. The number of pyridine rings is 1. The van der Waals surface area contributed by atoms with E-state index in [1.54, 1.807) is 25.0 Å². The van der Waals surface area contributed by atoms with Gasteiger partial charge in [0.15, 0.2) is 0 Å². The van der Waals surface area contributed by atoms with Gasteiger partial charge >= 0.3 is 0 Å². The van der Waals surface area contributed by atoms with Crippen LogP contribution in [-0.2, 0) is 4.74 Å². The number of hydrogen-bond donors (Lipinski definition) is 2. The Labute approximate surface area is 171 Å². The molecule has 7 heteroatoms. The molecular formula is C22H18N4O2S. The van der Waals surface area contributed by atoms with Crippen molar-refractivity contribution >= 4 is 28.6 Å². The minimum atomic E-state index is -0.0947. The molecule has 1 fully saturated rings. The average Bonchev–Trinajstić information content (AvgIpc) is 3.46. The van der Waals surface area contributed by atoms with Gasteiger partial charge in [-0.2, -0.15) is 5.10 Å². The van der Waals surface area contributed by atoms with Crippen molar-refractivity contribution in [3.05, 3.63) is 83.8 Å². The second-order valence-corrected chi connectivity index (χ2v) is 7.84. The third-order valence-electron chi connectivity index (χ3n) is 4.90. The van der Waals surface area contributed by atoms with E-state index in [1.165, 1.54) is 0 Å². The summed E-state index contributed by atoms with van der Waals surface area (Å²) < 4.78 is 5.85. The molecule has 1 saturated heterocycles. The summed E-state index contributed by atoms with van der Waals surface area (Å²) in [6.07, 6.45) is 1.69. The molecule has 1 aliphatic rings. The van der Waals surface area contributed by atoms with E-state index in [0.29, 0.717) is 5.56 Å². The Hall–Kier alpha value is -3.16. The molecule has 6 nitrogen and oxygen atoms in total. The highest BCUT2D eigenvalue weighted by molar-refractivity contribution is 7.99. The van der Waals surface area contributed by atoms with Crippen LogP contribution in [0.4, 0.5) is 0 Å². The van der Waals surface area contributed by atoms with Gasteiger partial charge in [-0.1, -0.05) is 30.0 Å². The molecule has 0 spiro atoms. The lowest BCUT2D eigenvalue weighted by atomic mass is 10.1. The van der Waals surface area contributed by atoms with Gasteiger partial charge in [-0.3, -0.25) is 14.9 Å². The molecule has 5 rings (SSSR count). The first-order valence-electron chi connectivity index (χ1n) is 9.28. The molecule has 2 atom stereocenters. The fourth-order valence-corrected chi connectivity index (χ4v) is 4.38. The Balaban J connectivity index is 1.40. The maximum absolute atomic E-state index is 12.1. The number of carbonyl (C=O) groups is 1. The number of fused-ring (bicyclic) bond motifs is 1. The number of aromatic nitrogens is 3. The summed E-state index contributed by atoms with van der Waals surface area (Å²) in [4.78, 5) is 18.4. The summed E-state index contributed by atoms with van der Waals surface area (Å²) in [6, 6.07) is 19.5. The van der Waals surface area contributed by atoms with Gasteiger partial charge in [-0.25, -0.2) is 0 Å². The SMILES string of the molecule is CNC(=O)c1ccccc1Sc1ccc2c(C3OC3c3ccccn3)[nH]nc2c1. The van der Waals surface area contributed by atoms with Crippen LogP contribution >= 0.6 is 11.8 Å². The topological polar surface area (TPSA) is 83.2 Å². The summed E-state index contributed by atoms with van der Waals surface area (Å²) in [5.74, 6) is -0.0947. The number of nitrogens with one attached hydrogen (secondary N) is 2. The van der Waals surface area contributed by atoms with E-state index in [9.17, 15) is 4.79 Å². The molecular weight excluding hydrogens is 384 g/mol. The van der Waals surface area contributed by atoms with Crippen molar-refractivity contribution in [3.63, 3.8) is 0 Å². The Morgan fingerprint density at radius 1 is 1.10 bits per heavy atom. The maximum Gasteiger partial charge on any atom is 0.252 e. The number of rotatable bonds is 5. The largest absolute Gasteiger partial charge is 0.356 e. The number of carbonyl (C=O) groups excluding carboxylic acids is 1. The van der Waals surface area contributed by atoms with Crippen molar-refractivity contribution in [2.75, 3.05) is 7.05 Å². The number of ether oxygens (including phenoxy) is 1. The van der Waals surface area contributed by atoms with E-state index in [-0.39, 0.29) is 18.1 Å². The van der Waals surface area contributed by atoms with Crippen LogP contribution in [0.5, 0.6) is 0 Å². The van der Waals surface area contributed by atoms with E-state index >= 15 is 0 Å². The van der Waals surface area contributed by atoms with Gasteiger partial charge in [0, 0.05) is 28.4 Å². The van der Waals surface area contributed by atoms with Gasteiger partial charge < -0.3 is 10.1 Å². The fraction of sp³-hybridized carbons (Fsp3) is 0.136. The van der Waals surface area contributed by atoms with Crippen molar-refractivity contribution < 1.29 is 9.53 Å². The molecule has 4 aromatic rings. The molecule has 2 unspecified atom stereocenters. The normalized spacial score (nSPS) is 18.0. The first kappa shape index (κ1) is 17.9. The highest BCUT2D eigenvalue weighted by Gasteiger charge is 2.44. The molecule has 2 N–H and O–H groups in total. The summed E-state index contributed by atoms with van der Waals surface area (Å²) in [5.41, 5.74) is 3.43. The molecule has 144 valence electrons. The first-order valence-corrected chi connectivity index (χ1v) is 10.1. The number of aromatic amines is 1. The highest BCUT2D eigenvalue weighted by atomic mass is 32.2. The van der Waals surface area contributed by atoms with Crippen LogP contribution < -0.4 is 5.32 Å². The summed E-state index contributed by atoms with van der Waals surface area (Å²) >= 11 is 1.55. The Kier molecular flexibility index (Phi) is 4.54. The van der Waals surface area contributed by atoms with Gasteiger partial charge in [0.2, 0.25) is 0 Å². The number of epoxide rings is 1. The third kappa shape index (κ3) is 3.39. The summed E-state index contributed by atoms with van der Waals surface area (Å²) in [5, 5.41) is 11.3. The van der Waals surface area contributed by atoms with Gasteiger partial charge in [0.05, 0.1) is 22.5 Å². The zero-order valence-corrected chi connectivity index (χ0v) is 16.4. The molecule has 29 heavy (non-hydrogen) atoms. The summed E-state index contributed by atoms with van der Waals surface area (Å²) in [7, 11) is 1.64. The van der Waals surface area contributed by atoms with Crippen molar-refractivity contribution in [1.82, 2.24) is 20.5 Å². The molecule has 2 aromatic carbocycles. The second kappa shape index (κ2) is 7.35. The van der Waals surface area contributed by atoms with Crippen LogP contribution in [0, 0.1) is 0 Å². The minimum absolute atomic E-state index is 0.0339. The van der Waals surface area contributed by atoms with Crippen LogP contribution in [0.15, 0.2) is 76.7 Å². The van der Waals surface area contributed by atoms with Crippen LogP contribution in [0.2, 0.25) is 0 Å².